The number of anilines is 2. The molecule has 0 unspecified atom stereocenters. The molecule has 2 aromatic rings. The van der Waals surface area contributed by atoms with Crippen molar-refractivity contribution in [2.45, 2.75) is 6.92 Å². The van der Waals surface area contributed by atoms with Gasteiger partial charge in [-0.1, -0.05) is 12.1 Å². The van der Waals surface area contributed by atoms with Gasteiger partial charge >= 0.3 is 0 Å². The molecule has 1 aliphatic rings. The lowest BCUT2D eigenvalue weighted by Gasteiger charge is -2.33. The van der Waals surface area contributed by atoms with Crippen LogP contribution in [0.3, 0.4) is 0 Å². The fraction of sp³-hybridized carbons (Fsp3) is 0.263. The summed E-state index contributed by atoms with van der Waals surface area (Å²) in [5.41, 5.74) is 1.60. The number of amides is 2. The third-order valence-corrected chi connectivity index (χ3v) is 4.32. The third-order valence-electron chi connectivity index (χ3n) is 4.32. The molecule has 1 N–H and O–H groups in total. The van der Waals surface area contributed by atoms with Gasteiger partial charge in [0.05, 0.1) is 0 Å². The molecular weight excluding hydrogens is 332 g/mol. The highest BCUT2D eigenvalue weighted by Crippen LogP contribution is 2.17. The normalized spacial score (nSPS) is 14.0. The van der Waals surface area contributed by atoms with Crippen LogP contribution in [0.4, 0.5) is 11.5 Å². The van der Waals surface area contributed by atoms with E-state index in [2.05, 4.69) is 10.3 Å². The highest BCUT2D eigenvalue weighted by molar-refractivity contribution is 6.05. The number of Topliss-reactive ketones (excluding diaryl/α,β-unsaturated/α-hetero) is 1. The number of aromatic nitrogens is 1. The molecule has 0 aliphatic carbocycles. The lowest BCUT2D eigenvalue weighted by Crippen LogP contribution is -2.46. The van der Waals surface area contributed by atoms with Gasteiger partial charge in [-0.2, -0.15) is 0 Å². The van der Waals surface area contributed by atoms with E-state index in [1.54, 1.807) is 47.5 Å². The average molecular weight is 352 g/mol. The number of carbonyl (C=O) groups is 3. The molecule has 2 amide bonds. The van der Waals surface area contributed by atoms with Gasteiger partial charge in [-0.05, 0) is 31.2 Å². The Kier molecular flexibility index (Phi) is 5.26. The van der Waals surface area contributed by atoms with Crippen molar-refractivity contribution in [2.75, 3.05) is 36.4 Å². The van der Waals surface area contributed by atoms with E-state index in [0.29, 0.717) is 48.8 Å². The van der Waals surface area contributed by atoms with Crippen molar-refractivity contribution >= 4 is 29.6 Å². The standard InChI is InChI=1S/C19H20N4O3/c1-14(25)15-3-2-4-17(11-15)21-19(26)16-5-6-20-18(12-16)23-9-7-22(13-24)8-10-23/h2-6,11-13H,7-10H2,1H3,(H,21,26). The van der Waals surface area contributed by atoms with Crippen molar-refractivity contribution in [1.82, 2.24) is 9.88 Å². The van der Waals surface area contributed by atoms with E-state index in [0.717, 1.165) is 6.41 Å². The van der Waals surface area contributed by atoms with Crippen LogP contribution in [0.5, 0.6) is 0 Å². The van der Waals surface area contributed by atoms with Crippen molar-refractivity contribution in [3.8, 4) is 0 Å². The number of nitrogens with one attached hydrogen (secondary N) is 1. The maximum atomic E-state index is 12.5. The van der Waals surface area contributed by atoms with Gasteiger partial charge in [0.15, 0.2) is 5.78 Å². The lowest BCUT2D eigenvalue weighted by atomic mass is 10.1. The van der Waals surface area contributed by atoms with E-state index in [-0.39, 0.29) is 11.7 Å². The zero-order valence-electron chi connectivity index (χ0n) is 14.5. The van der Waals surface area contributed by atoms with Crippen LogP contribution in [0.2, 0.25) is 0 Å². The second-order valence-corrected chi connectivity index (χ2v) is 6.12. The van der Waals surface area contributed by atoms with Crippen LogP contribution in [-0.2, 0) is 4.79 Å². The highest BCUT2D eigenvalue weighted by Gasteiger charge is 2.18. The van der Waals surface area contributed by atoms with E-state index < -0.39 is 0 Å². The summed E-state index contributed by atoms with van der Waals surface area (Å²) >= 11 is 0. The summed E-state index contributed by atoms with van der Waals surface area (Å²) in [6, 6.07) is 10.2. The Morgan fingerprint density at radius 3 is 2.54 bits per heavy atom. The van der Waals surface area contributed by atoms with Crippen LogP contribution < -0.4 is 10.2 Å². The molecule has 1 saturated heterocycles. The van der Waals surface area contributed by atoms with Crippen molar-refractivity contribution in [2.24, 2.45) is 0 Å². The summed E-state index contributed by atoms with van der Waals surface area (Å²) in [5.74, 6) is 0.392. The first-order chi connectivity index (χ1) is 12.6. The van der Waals surface area contributed by atoms with Crippen molar-refractivity contribution in [1.29, 1.82) is 0 Å². The minimum atomic E-state index is -0.263. The minimum absolute atomic E-state index is 0.0539. The number of rotatable bonds is 5. The number of benzene rings is 1. The van der Waals surface area contributed by atoms with E-state index in [1.807, 2.05) is 4.90 Å². The fourth-order valence-electron chi connectivity index (χ4n) is 2.81. The third kappa shape index (κ3) is 4.05. The molecular formula is C19H20N4O3. The fourth-order valence-corrected chi connectivity index (χ4v) is 2.81. The summed E-state index contributed by atoms with van der Waals surface area (Å²) in [6.45, 7) is 4.12. The Morgan fingerprint density at radius 2 is 1.85 bits per heavy atom. The molecule has 1 aromatic carbocycles. The molecule has 0 bridgehead atoms. The van der Waals surface area contributed by atoms with Crippen molar-refractivity contribution in [3.63, 3.8) is 0 Å². The molecule has 7 nitrogen and oxygen atoms in total. The van der Waals surface area contributed by atoms with Gasteiger partial charge in [0, 0.05) is 49.2 Å². The van der Waals surface area contributed by atoms with Crippen LogP contribution in [0.1, 0.15) is 27.6 Å². The molecule has 2 heterocycles. The van der Waals surface area contributed by atoms with Crippen LogP contribution >= 0.6 is 0 Å². The predicted octanol–water partition coefficient (Wildman–Crippen LogP) is 1.81. The highest BCUT2D eigenvalue weighted by atomic mass is 16.2. The molecule has 1 aliphatic heterocycles. The number of carbonyl (C=O) groups excluding carboxylic acids is 3. The SMILES string of the molecule is CC(=O)c1cccc(NC(=O)c2ccnc(N3CCN(C=O)CC3)c2)c1. The second kappa shape index (κ2) is 7.77. The molecule has 0 saturated carbocycles. The maximum absolute atomic E-state index is 12.5. The zero-order valence-corrected chi connectivity index (χ0v) is 14.5. The van der Waals surface area contributed by atoms with Gasteiger partial charge in [-0.25, -0.2) is 4.98 Å². The summed E-state index contributed by atoms with van der Waals surface area (Å²) in [5, 5.41) is 2.81. The number of ketones is 1. The zero-order chi connectivity index (χ0) is 18.5. The van der Waals surface area contributed by atoms with Crippen LogP contribution in [-0.4, -0.2) is 54.2 Å². The van der Waals surface area contributed by atoms with Gasteiger partial charge in [-0.15, -0.1) is 0 Å². The minimum Gasteiger partial charge on any atom is -0.353 e. The Morgan fingerprint density at radius 1 is 1.08 bits per heavy atom. The summed E-state index contributed by atoms with van der Waals surface area (Å²) in [7, 11) is 0. The number of hydrogen-bond acceptors (Lipinski definition) is 5. The lowest BCUT2D eigenvalue weighted by molar-refractivity contribution is -0.118. The number of pyridine rings is 1. The number of piperazine rings is 1. The first kappa shape index (κ1) is 17.6. The Balaban J connectivity index is 1.71. The summed E-state index contributed by atoms with van der Waals surface area (Å²) < 4.78 is 0. The van der Waals surface area contributed by atoms with Gasteiger partial charge in [0.2, 0.25) is 6.41 Å². The topological polar surface area (TPSA) is 82.6 Å². The average Bonchev–Trinajstić information content (AvgIpc) is 2.68. The van der Waals surface area contributed by atoms with Gasteiger partial charge in [-0.3, -0.25) is 14.4 Å². The van der Waals surface area contributed by atoms with E-state index in [9.17, 15) is 14.4 Å². The van der Waals surface area contributed by atoms with Gasteiger partial charge in [0.1, 0.15) is 5.82 Å². The van der Waals surface area contributed by atoms with Gasteiger partial charge in [0.25, 0.3) is 5.91 Å². The Bertz CT molecular complexity index is 829. The molecule has 3 rings (SSSR count). The van der Waals surface area contributed by atoms with E-state index >= 15 is 0 Å². The maximum Gasteiger partial charge on any atom is 0.255 e. The molecule has 0 radical (unpaired) electrons. The molecule has 0 atom stereocenters. The molecule has 1 fully saturated rings. The Hall–Kier alpha value is -3.22. The first-order valence-electron chi connectivity index (χ1n) is 8.39. The van der Waals surface area contributed by atoms with Crippen LogP contribution in [0.25, 0.3) is 0 Å². The largest absolute Gasteiger partial charge is 0.353 e. The molecule has 1 aromatic heterocycles. The quantitative estimate of drug-likeness (QED) is 0.656. The second-order valence-electron chi connectivity index (χ2n) is 6.12. The Labute approximate surface area is 151 Å². The number of nitrogens with zero attached hydrogens (tertiary/aromatic N) is 3. The monoisotopic (exact) mass is 352 g/mol. The van der Waals surface area contributed by atoms with E-state index in [4.69, 9.17) is 0 Å². The van der Waals surface area contributed by atoms with Crippen molar-refractivity contribution < 1.29 is 14.4 Å². The molecule has 134 valence electrons. The van der Waals surface area contributed by atoms with Crippen LogP contribution in [0.15, 0.2) is 42.6 Å². The predicted molar refractivity (Wildman–Crippen MR) is 98.5 cm³/mol. The molecule has 26 heavy (non-hydrogen) atoms. The summed E-state index contributed by atoms with van der Waals surface area (Å²) in [4.78, 5) is 42.9. The molecule has 0 spiro atoms. The number of hydrogen-bond donors (Lipinski definition) is 1. The van der Waals surface area contributed by atoms with Crippen LogP contribution in [0, 0.1) is 0 Å². The first-order valence-corrected chi connectivity index (χ1v) is 8.39. The molecule has 7 heteroatoms. The summed E-state index contributed by atoms with van der Waals surface area (Å²) in [6.07, 6.45) is 2.45. The van der Waals surface area contributed by atoms with Gasteiger partial charge < -0.3 is 15.1 Å². The smallest absolute Gasteiger partial charge is 0.255 e. The van der Waals surface area contributed by atoms with Crippen molar-refractivity contribution in [3.05, 3.63) is 53.7 Å². The van der Waals surface area contributed by atoms with E-state index in [1.165, 1.54) is 6.92 Å².